The van der Waals surface area contributed by atoms with Crippen molar-refractivity contribution in [3.05, 3.63) is 39.8 Å². The van der Waals surface area contributed by atoms with Crippen LogP contribution in [0, 0.1) is 0 Å². The zero-order chi connectivity index (χ0) is 13.8. The smallest absolute Gasteiger partial charge is 0.305 e. The quantitative estimate of drug-likeness (QED) is 0.680. The van der Waals surface area contributed by atoms with Gasteiger partial charge in [-0.05, 0) is 23.8 Å². The predicted octanol–water partition coefficient (Wildman–Crippen LogP) is 3.49. The predicted molar refractivity (Wildman–Crippen MR) is 83.4 cm³/mol. The molecule has 2 rings (SSSR count). The van der Waals surface area contributed by atoms with Gasteiger partial charge in [0.2, 0.25) is 0 Å². The summed E-state index contributed by atoms with van der Waals surface area (Å²) in [5.74, 6) is -0.0890. The van der Waals surface area contributed by atoms with E-state index < -0.39 is 5.97 Å². The van der Waals surface area contributed by atoms with Gasteiger partial charge >= 0.3 is 5.97 Å². The average molecular weight is 314 g/mol. The van der Waals surface area contributed by atoms with E-state index in [0.717, 1.165) is 15.5 Å². The Labute approximate surface area is 126 Å². The number of hydrogen-bond donors (Lipinski definition) is 1. The lowest BCUT2D eigenvalue weighted by molar-refractivity contribution is -0.137. The van der Waals surface area contributed by atoms with E-state index in [9.17, 15) is 4.79 Å². The second kappa shape index (κ2) is 6.41. The summed E-state index contributed by atoms with van der Waals surface area (Å²) < 4.78 is 0. The molecule has 1 aliphatic rings. The standard InChI is InChI=1S/C13H12ClNO2S2/c14-10-3-1-9(2-4-10)7-11-13(18)15(8-19-11)6-5-12(16)17/h1-4,7H,5-6,8H2,(H,16,17)/b11-7-. The number of benzene rings is 1. The summed E-state index contributed by atoms with van der Waals surface area (Å²) >= 11 is 12.8. The van der Waals surface area contributed by atoms with E-state index in [1.54, 1.807) is 11.8 Å². The molecule has 1 aliphatic heterocycles. The van der Waals surface area contributed by atoms with Crippen molar-refractivity contribution in [2.45, 2.75) is 6.42 Å². The molecule has 0 radical (unpaired) electrons. The van der Waals surface area contributed by atoms with Gasteiger partial charge in [0.05, 0.1) is 12.3 Å². The molecule has 1 aromatic rings. The topological polar surface area (TPSA) is 40.5 Å². The van der Waals surface area contributed by atoms with Crippen LogP contribution in [0.2, 0.25) is 5.02 Å². The van der Waals surface area contributed by atoms with Crippen LogP contribution in [-0.4, -0.2) is 33.4 Å². The van der Waals surface area contributed by atoms with E-state index >= 15 is 0 Å². The molecule has 0 unspecified atom stereocenters. The van der Waals surface area contributed by atoms with Gasteiger partial charge in [-0.15, -0.1) is 11.8 Å². The first-order valence-electron chi connectivity index (χ1n) is 5.67. The summed E-state index contributed by atoms with van der Waals surface area (Å²) in [6, 6.07) is 7.52. The van der Waals surface area contributed by atoms with Crippen LogP contribution in [0.1, 0.15) is 12.0 Å². The highest BCUT2D eigenvalue weighted by molar-refractivity contribution is 8.06. The van der Waals surface area contributed by atoms with Crippen LogP contribution in [-0.2, 0) is 4.79 Å². The van der Waals surface area contributed by atoms with E-state index in [1.807, 2.05) is 35.2 Å². The summed E-state index contributed by atoms with van der Waals surface area (Å²) in [5, 5.41) is 9.38. The third-order valence-electron chi connectivity index (χ3n) is 2.64. The van der Waals surface area contributed by atoms with Crippen molar-refractivity contribution < 1.29 is 9.90 Å². The second-order valence-corrected chi connectivity index (χ2v) is 5.86. The molecule has 0 aromatic heterocycles. The van der Waals surface area contributed by atoms with Crippen LogP contribution in [0.5, 0.6) is 0 Å². The Kier molecular flexibility index (Phi) is 4.85. The fourth-order valence-electron chi connectivity index (χ4n) is 1.63. The molecule has 0 atom stereocenters. The molecule has 1 N–H and O–H groups in total. The molecule has 1 fully saturated rings. The van der Waals surface area contributed by atoms with Gasteiger partial charge in [0, 0.05) is 16.5 Å². The van der Waals surface area contributed by atoms with Gasteiger partial charge in [0.1, 0.15) is 4.99 Å². The summed E-state index contributed by atoms with van der Waals surface area (Å²) in [5.41, 5.74) is 1.04. The first-order chi connectivity index (χ1) is 9.06. The second-order valence-electron chi connectivity index (χ2n) is 4.05. The molecule has 0 aliphatic carbocycles. The van der Waals surface area contributed by atoms with Crippen LogP contribution in [0.4, 0.5) is 0 Å². The van der Waals surface area contributed by atoms with Gasteiger partial charge in [-0.3, -0.25) is 4.79 Å². The number of thiocarbonyl (C=S) groups is 1. The summed E-state index contributed by atoms with van der Waals surface area (Å²) in [6.07, 6.45) is 2.11. The Bertz CT molecular complexity index is 528. The lowest BCUT2D eigenvalue weighted by atomic mass is 10.2. The number of carboxylic acids is 1. The maximum absolute atomic E-state index is 10.6. The van der Waals surface area contributed by atoms with E-state index in [2.05, 4.69) is 0 Å². The van der Waals surface area contributed by atoms with Crippen molar-refractivity contribution in [2.24, 2.45) is 0 Å². The third-order valence-corrected chi connectivity index (χ3v) is 4.56. The lowest BCUT2D eigenvalue weighted by Gasteiger charge is -2.14. The molecule has 0 amide bonds. The number of carboxylic acid groups (broad SMARTS) is 1. The molecule has 0 bridgehead atoms. The van der Waals surface area contributed by atoms with Crippen molar-refractivity contribution in [3.63, 3.8) is 0 Å². The average Bonchev–Trinajstić information content (AvgIpc) is 2.71. The Morgan fingerprint density at radius 2 is 2.16 bits per heavy atom. The van der Waals surface area contributed by atoms with Gasteiger partial charge < -0.3 is 10.0 Å². The normalized spacial score (nSPS) is 17.2. The van der Waals surface area contributed by atoms with Crippen LogP contribution < -0.4 is 0 Å². The molecule has 3 nitrogen and oxygen atoms in total. The fraction of sp³-hybridized carbons (Fsp3) is 0.231. The van der Waals surface area contributed by atoms with Gasteiger partial charge in [-0.2, -0.15) is 0 Å². The number of aliphatic carboxylic acids is 1. The van der Waals surface area contributed by atoms with Gasteiger partial charge in [0.25, 0.3) is 0 Å². The van der Waals surface area contributed by atoms with E-state index in [0.29, 0.717) is 17.4 Å². The Morgan fingerprint density at radius 3 is 2.79 bits per heavy atom. The van der Waals surface area contributed by atoms with Crippen molar-refractivity contribution in [3.8, 4) is 0 Å². The third kappa shape index (κ3) is 3.96. The summed E-state index contributed by atoms with van der Waals surface area (Å²) in [6.45, 7) is 0.457. The minimum absolute atomic E-state index is 0.106. The molecule has 6 heteroatoms. The number of carbonyl (C=O) groups is 1. The number of rotatable bonds is 4. The Morgan fingerprint density at radius 1 is 1.47 bits per heavy atom. The lowest BCUT2D eigenvalue weighted by Crippen LogP contribution is -2.26. The minimum Gasteiger partial charge on any atom is -0.481 e. The fourth-order valence-corrected chi connectivity index (χ4v) is 3.26. The number of thioether (sulfide) groups is 1. The Hall–Kier alpha value is -1.04. The zero-order valence-corrected chi connectivity index (χ0v) is 12.4. The molecule has 100 valence electrons. The maximum atomic E-state index is 10.6. The molecule has 1 heterocycles. The monoisotopic (exact) mass is 313 g/mol. The number of hydrogen-bond acceptors (Lipinski definition) is 3. The number of halogens is 1. The van der Waals surface area contributed by atoms with Crippen LogP contribution in [0.15, 0.2) is 29.2 Å². The van der Waals surface area contributed by atoms with E-state index in [4.69, 9.17) is 28.9 Å². The first-order valence-corrected chi connectivity index (χ1v) is 7.44. The largest absolute Gasteiger partial charge is 0.481 e. The summed E-state index contributed by atoms with van der Waals surface area (Å²) in [7, 11) is 0. The molecule has 0 saturated carbocycles. The van der Waals surface area contributed by atoms with Crippen LogP contribution in [0.25, 0.3) is 6.08 Å². The van der Waals surface area contributed by atoms with Crippen molar-refractivity contribution >= 4 is 52.6 Å². The SMILES string of the molecule is O=C(O)CCN1CS/C(=C\c2ccc(Cl)cc2)C1=S. The van der Waals surface area contributed by atoms with E-state index in [-0.39, 0.29) is 6.42 Å². The first kappa shape index (κ1) is 14.4. The van der Waals surface area contributed by atoms with Crippen molar-refractivity contribution in [1.82, 2.24) is 4.90 Å². The molecular weight excluding hydrogens is 302 g/mol. The zero-order valence-electron chi connectivity index (χ0n) is 10.0. The van der Waals surface area contributed by atoms with Crippen LogP contribution in [0.3, 0.4) is 0 Å². The summed E-state index contributed by atoms with van der Waals surface area (Å²) in [4.78, 5) is 14.2. The molecule has 1 saturated heterocycles. The Balaban J connectivity index is 2.04. The van der Waals surface area contributed by atoms with Gasteiger partial charge in [-0.25, -0.2) is 0 Å². The maximum Gasteiger partial charge on any atom is 0.305 e. The highest BCUT2D eigenvalue weighted by atomic mass is 35.5. The van der Waals surface area contributed by atoms with E-state index in [1.165, 1.54) is 0 Å². The minimum atomic E-state index is -0.803. The molecule has 0 spiro atoms. The number of nitrogens with zero attached hydrogens (tertiary/aromatic N) is 1. The highest BCUT2D eigenvalue weighted by Crippen LogP contribution is 2.31. The van der Waals surface area contributed by atoms with Crippen molar-refractivity contribution in [2.75, 3.05) is 12.4 Å². The highest BCUT2D eigenvalue weighted by Gasteiger charge is 2.23. The van der Waals surface area contributed by atoms with Gasteiger partial charge in [-0.1, -0.05) is 36.0 Å². The van der Waals surface area contributed by atoms with Crippen LogP contribution >= 0.6 is 35.6 Å². The van der Waals surface area contributed by atoms with Crippen molar-refractivity contribution in [1.29, 1.82) is 0 Å². The molecule has 1 aromatic carbocycles. The molecule has 19 heavy (non-hydrogen) atoms. The van der Waals surface area contributed by atoms with Gasteiger partial charge in [0.15, 0.2) is 0 Å². The molecular formula is C13H12ClNO2S2.